The lowest BCUT2D eigenvalue weighted by atomic mass is 10.1. The highest BCUT2D eigenvalue weighted by Crippen LogP contribution is 2.21. The van der Waals surface area contributed by atoms with Crippen LogP contribution in [-0.2, 0) is 7.05 Å². The van der Waals surface area contributed by atoms with E-state index < -0.39 is 0 Å². The topological polar surface area (TPSA) is 73.0 Å². The molecule has 1 amide bonds. The fraction of sp³-hybridized carbons (Fsp3) is 0.533. The van der Waals surface area contributed by atoms with Gasteiger partial charge in [0.1, 0.15) is 11.6 Å². The zero-order valence-electron chi connectivity index (χ0n) is 13.0. The van der Waals surface area contributed by atoms with Crippen molar-refractivity contribution < 1.29 is 9.21 Å². The van der Waals surface area contributed by atoms with Gasteiger partial charge in [-0.25, -0.2) is 9.97 Å². The number of oxazole rings is 1. The van der Waals surface area contributed by atoms with Crippen LogP contribution in [0.5, 0.6) is 0 Å². The second-order valence-electron chi connectivity index (χ2n) is 5.43. The quantitative estimate of drug-likeness (QED) is 0.887. The molecule has 0 fully saturated rings. The molecule has 2 aromatic heterocycles. The molecule has 6 heteroatoms. The largest absolute Gasteiger partial charge is 0.447 e. The van der Waals surface area contributed by atoms with Crippen LogP contribution < -0.4 is 5.32 Å². The molecule has 0 aliphatic carbocycles. The first-order valence-corrected chi connectivity index (χ1v) is 7.26. The number of carbonyl (C=O) groups excluding carboxylic acids is 1. The monoisotopic (exact) mass is 290 g/mol. The molecule has 1 atom stereocenters. The van der Waals surface area contributed by atoms with Crippen molar-refractivity contribution in [2.75, 3.05) is 0 Å². The Labute approximate surface area is 124 Å². The second kappa shape index (κ2) is 6.56. The SMILES string of the molecule is CCC[C@H](NC(=O)c1ncoc1C(C)C)c1nccn1C. The summed E-state index contributed by atoms with van der Waals surface area (Å²) in [7, 11) is 1.92. The van der Waals surface area contributed by atoms with Gasteiger partial charge in [0.2, 0.25) is 0 Å². The number of carbonyl (C=O) groups is 1. The van der Waals surface area contributed by atoms with Crippen LogP contribution in [0.25, 0.3) is 0 Å². The average Bonchev–Trinajstić information content (AvgIpc) is 3.06. The third-order valence-corrected chi connectivity index (χ3v) is 3.39. The molecule has 0 saturated heterocycles. The molecule has 2 heterocycles. The molecule has 0 bridgehead atoms. The number of rotatable bonds is 6. The van der Waals surface area contributed by atoms with Gasteiger partial charge < -0.3 is 14.3 Å². The van der Waals surface area contributed by atoms with E-state index in [1.807, 2.05) is 31.7 Å². The minimum atomic E-state index is -0.214. The third kappa shape index (κ3) is 3.32. The molecular formula is C15H22N4O2. The Bertz CT molecular complexity index is 600. The van der Waals surface area contributed by atoms with Crippen LogP contribution in [0.4, 0.5) is 0 Å². The molecule has 21 heavy (non-hydrogen) atoms. The molecule has 2 rings (SSSR count). The van der Waals surface area contributed by atoms with Crippen LogP contribution in [-0.4, -0.2) is 20.4 Å². The summed E-state index contributed by atoms with van der Waals surface area (Å²) in [6.07, 6.45) is 6.71. The van der Waals surface area contributed by atoms with Gasteiger partial charge in [0.25, 0.3) is 5.91 Å². The van der Waals surface area contributed by atoms with Crippen molar-refractivity contribution in [1.29, 1.82) is 0 Å². The van der Waals surface area contributed by atoms with Crippen LogP contribution >= 0.6 is 0 Å². The van der Waals surface area contributed by atoms with Crippen molar-refractivity contribution in [3.05, 3.63) is 36.1 Å². The Balaban J connectivity index is 2.19. The molecule has 2 aromatic rings. The van der Waals surface area contributed by atoms with Crippen molar-refractivity contribution in [2.24, 2.45) is 7.05 Å². The number of aromatic nitrogens is 3. The standard InChI is InChI=1S/C15H22N4O2/c1-5-6-11(14-16-7-8-19(14)4)18-15(20)12-13(10(2)3)21-9-17-12/h7-11H,5-6H2,1-4H3,(H,18,20)/t11-/m0/s1. The maximum absolute atomic E-state index is 12.5. The fourth-order valence-electron chi connectivity index (χ4n) is 2.33. The molecule has 0 saturated carbocycles. The van der Waals surface area contributed by atoms with Crippen molar-refractivity contribution >= 4 is 5.91 Å². The number of hydrogen-bond donors (Lipinski definition) is 1. The first kappa shape index (κ1) is 15.3. The number of aryl methyl sites for hydroxylation is 1. The van der Waals surface area contributed by atoms with Crippen LogP contribution in [0.15, 0.2) is 23.2 Å². The van der Waals surface area contributed by atoms with E-state index in [4.69, 9.17) is 4.42 Å². The van der Waals surface area contributed by atoms with E-state index in [0.29, 0.717) is 11.5 Å². The van der Waals surface area contributed by atoms with Gasteiger partial charge in [0.15, 0.2) is 12.1 Å². The summed E-state index contributed by atoms with van der Waals surface area (Å²) in [5.41, 5.74) is 0.361. The lowest BCUT2D eigenvalue weighted by molar-refractivity contribution is 0.0925. The Morgan fingerprint density at radius 1 is 1.43 bits per heavy atom. The van der Waals surface area contributed by atoms with Crippen molar-refractivity contribution in [3.8, 4) is 0 Å². The van der Waals surface area contributed by atoms with Crippen molar-refractivity contribution in [2.45, 2.75) is 45.6 Å². The number of nitrogens with zero attached hydrogens (tertiary/aromatic N) is 3. The highest BCUT2D eigenvalue weighted by Gasteiger charge is 2.23. The normalized spacial score (nSPS) is 12.6. The van der Waals surface area contributed by atoms with Crippen LogP contribution in [0.2, 0.25) is 0 Å². The van der Waals surface area contributed by atoms with E-state index in [2.05, 4.69) is 22.2 Å². The van der Waals surface area contributed by atoms with Crippen LogP contribution in [0.1, 0.15) is 67.6 Å². The third-order valence-electron chi connectivity index (χ3n) is 3.39. The Morgan fingerprint density at radius 2 is 2.19 bits per heavy atom. The number of amides is 1. The predicted octanol–water partition coefficient (Wildman–Crippen LogP) is 2.80. The van der Waals surface area contributed by atoms with E-state index in [-0.39, 0.29) is 17.9 Å². The van der Waals surface area contributed by atoms with Gasteiger partial charge in [-0.3, -0.25) is 4.79 Å². The first-order chi connectivity index (χ1) is 10.0. The summed E-state index contributed by atoms with van der Waals surface area (Å²) >= 11 is 0. The van der Waals surface area contributed by atoms with Crippen LogP contribution in [0.3, 0.4) is 0 Å². The van der Waals surface area contributed by atoms with Gasteiger partial charge in [-0.05, 0) is 6.42 Å². The lowest BCUT2D eigenvalue weighted by Crippen LogP contribution is -2.31. The molecular weight excluding hydrogens is 268 g/mol. The summed E-state index contributed by atoms with van der Waals surface area (Å²) < 4.78 is 7.23. The van der Waals surface area contributed by atoms with E-state index >= 15 is 0 Å². The molecule has 0 aliphatic rings. The Hall–Kier alpha value is -2.11. The van der Waals surface area contributed by atoms with E-state index in [0.717, 1.165) is 18.7 Å². The number of imidazole rings is 1. The minimum Gasteiger partial charge on any atom is -0.447 e. The Kier molecular flexibility index (Phi) is 4.77. The summed E-state index contributed by atoms with van der Waals surface area (Å²) in [5.74, 6) is 1.36. The summed E-state index contributed by atoms with van der Waals surface area (Å²) in [5, 5.41) is 3.01. The minimum absolute atomic E-state index is 0.117. The molecule has 114 valence electrons. The van der Waals surface area contributed by atoms with Crippen molar-refractivity contribution in [1.82, 2.24) is 19.9 Å². The van der Waals surface area contributed by atoms with E-state index in [9.17, 15) is 4.79 Å². The van der Waals surface area contributed by atoms with Gasteiger partial charge in [-0.15, -0.1) is 0 Å². The highest BCUT2D eigenvalue weighted by molar-refractivity contribution is 5.93. The second-order valence-corrected chi connectivity index (χ2v) is 5.43. The molecule has 0 unspecified atom stereocenters. The van der Waals surface area contributed by atoms with Crippen molar-refractivity contribution in [3.63, 3.8) is 0 Å². The average molecular weight is 290 g/mol. The molecule has 6 nitrogen and oxygen atoms in total. The zero-order chi connectivity index (χ0) is 15.4. The molecule has 1 N–H and O–H groups in total. The van der Waals surface area contributed by atoms with Gasteiger partial charge in [-0.1, -0.05) is 27.2 Å². The molecule has 0 spiro atoms. The summed E-state index contributed by atoms with van der Waals surface area (Å²) in [4.78, 5) is 20.8. The van der Waals surface area contributed by atoms with Gasteiger partial charge in [-0.2, -0.15) is 0 Å². The molecule has 0 radical (unpaired) electrons. The van der Waals surface area contributed by atoms with Crippen LogP contribution in [0, 0.1) is 0 Å². The smallest absolute Gasteiger partial charge is 0.274 e. The van der Waals surface area contributed by atoms with E-state index in [1.54, 1.807) is 6.20 Å². The summed E-state index contributed by atoms with van der Waals surface area (Å²) in [6.45, 7) is 6.02. The first-order valence-electron chi connectivity index (χ1n) is 7.26. The maximum Gasteiger partial charge on any atom is 0.274 e. The lowest BCUT2D eigenvalue weighted by Gasteiger charge is -2.17. The summed E-state index contributed by atoms with van der Waals surface area (Å²) in [6, 6.07) is -0.126. The van der Waals surface area contributed by atoms with Gasteiger partial charge in [0, 0.05) is 25.4 Å². The Morgan fingerprint density at radius 3 is 2.76 bits per heavy atom. The zero-order valence-corrected chi connectivity index (χ0v) is 13.0. The predicted molar refractivity (Wildman–Crippen MR) is 78.9 cm³/mol. The number of hydrogen-bond acceptors (Lipinski definition) is 4. The van der Waals surface area contributed by atoms with E-state index in [1.165, 1.54) is 6.39 Å². The van der Waals surface area contributed by atoms with Gasteiger partial charge in [0.05, 0.1) is 6.04 Å². The van der Waals surface area contributed by atoms with Gasteiger partial charge >= 0.3 is 0 Å². The number of nitrogens with one attached hydrogen (secondary N) is 1. The molecule has 0 aromatic carbocycles. The highest BCUT2D eigenvalue weighted by atomic mass is 16.3. The fourth-order valence-corrected chi connectivity index (χ4v) is 2.33. The maximum atomic E-state index is 12.5. The molecule has 0 aliphatic heterocycles.